The summed E-state index contributed by atoms with van der Waals surface area (Å²) in [4.78, 5) is 8.21. The zero-order chi connectivity index (χ0) is 14.2. The summed E-state index contributed by atoms with van der Waals surface area (Å²) >= 11 is 5.83. The van der Waals surface area contributed by atoms with Gasteiger partial charge >= 0.3 is 0 Å². The van der Waals surface area contributed by atoms with E-state index in [1.165, 1.54) is 0 Å². The Kier molecular flexibility index (Phi) is 3.62. The molecule has 1 N–H and O–H groups in total. The second-order valence-electron chi connectivity index (χ2n) is 4.84. The van der Waals surface area contributed by atoms with Gasteiger partial charge in [-0.05, 0) is 38.1 Å². The highest BCUT2D eigenvalue weighted by molar-refractivity contribution is 7.92. The number of halogens is 1. The first-order valence-corrected chi connectivity index (χ1v) is 8.37. The molecular weight excluding hydrogens is 298 g/mol. The lowest BCUT2D eigenvalue weighted by Gasteiger charge is -2.22. The Morgan fingerprint density at radius 3 is 2.75 bits per heavy atom. The third-order valence-corrected chi connectivity index (χ3v) is 5.90. The van der Waals surface area contributed by atoms with Crippen molar-refractivity contribution in [3.63, 3.8) is 0 Å². The van der Waals surface area contributed by atoms with Crippen LogP contribution >= 0.6 is 11.6 Å². The fourth-order valence-electron chi connectivity index (χ4n) is 2.41. The molecule has 0 spiro atoms. The van der Waals surface area contributed by atoms with Gasteiger partial charge in [0.15, 0.2) is 14.9 Å². The van der Waals surface area contributed by atoms with Crippen LogP contribution < -0.4 is 5.32 Å². The maximum absolute atomic E-state index is 12.6. The van der Waals surface area contributed by atoms with Gasteiger partial charge in [-0.15, -0.1) is 0 Å². The standard InChI is InChI=1S/C13H14ClN3O2S/c14-12-7-11-9(8-16-12)1-2-13(17-11)20(18,19)10-3-5-15-6-4-10/h1-2,7-8,10,15H,3-6H2. The number of hydrogen-bond donors (Lipinski definition) is 1. The molecule has 3 heterocycles. The molecule has 1 aliphatic heterocycles. The summed E-state index contributed by atoms with van der Waals surface area (Å²) in [7, 11) is -3.38. The minimum Gasteiger partial charge on any atom is -0.317 e. The maximum atomic E-state index is 12.6. The van der Waals surface area contributed by atoms with Crippen molar-refractivity contribution in [2.24, 2.45) is 0 Å². The molecule has 5 nitrogen and oxygen atoms in total. The highest BCUT2D eigenvalue weighted by Crippen LogP contribution is 2.23. The number of nitrogens with zero attached hydrogens (tertiary/aromatic N) is 2. The number of pyridine rings is 2. The molecule has 7 heteroatoms. The summed E-state index contributed by atoms with van der Waals surface area (Å²) in [5, 5.41) is 4.02. The van der Waals surface area contributed by atoms with Crippen molar-refractivity contribution >= 4 is 32.3 Å². The van der Waals surface area contributed by atoms with Gasteiger partial charge in [-0.25, -0.2) is 18.4 Å². The third kappa shape index (κ3) is 2.51. The molecule has 0 atom stereocenters. The molecule has 2 aromatic rings. The number of rotatable bonds is 2. The summed E-state index contributed by atoms with van der Waals surface area (Å²) in [5.74, 6) is 0. The van der Waals surface area contributed by atoms with Crippen LogP contribution in [0.4, 0.5) is 0 Å². The molecule has 0 unspecified atom stereocenters. The molecule has 0 aromatic carbocycles. The number of nitrogens with one attached hydrogen (secondary N) is 1. The molecule has 3 rings (SSSR count). The number of fused-ring (bicyclic) bond motifs is 1. The van der Waals surface area contributed by atoms with Crippen molar-refractivity contribution in [1.29, 1.82) is 0 Å². The summed E-state index contributed by atoms with van der Waals surface area (Å²) in [6, 6.07) is 4.85. The van der Waals surface area contributed by atoms with Crippen molar-refractivity contribution in [3.05, 3.63) is 29.5 Å². The van der Waals surface area contributed by atoms with E-state index in [2.05, 4.69) is 15.3 Å². The molecule has 0 saturated carbocycles. The average molecular weight is 312 g/mol. The quantitative estimate of drug-likeness (QED) is 0.856. The van der Waals surface area contributed by atoms with E-state index in [4.69, 9.17) is 11.6 Å². The molecule has 1 saturated heterocycles. The molecule has 0 bridgehead atoms. The topological polar surface area (TPSA) is 72.0 Å². The Hall–Kier alpha value is -1.24. The van der Waals surface area contributed by atoms with E-state index in [9.17, 15) is 8.42 Å². The summed E-state index contributed by atoms with van der Waals surface area (Å²) in [6.07, 6.45) is 2.84. The van der Waals surface area contributed by atoms with Crippen LogP contribution in [-0.2, 0) is 9.84 Å². The summed E-state index contributed by atoms with van der Waals surface area (Å²) in [6.45, 7) is 1.46. The van der Waals surface area contributed by atoms with E-state index < -0.39 is 9.84 Å². The van der Waals surface area contributed by atoms with Crippen LogP contribution in [0.25, 0.3) is 10.9 Å². The largest absolute Gasteiger partial charge is 0.317 e. The van der Waals surface area contributed by atoms with E-state index in [0.717, 1.165) is 18.5 Å². The van der Waals surface area contributed by atoms with Crippen LogP contribution in [0.3, 0.4) is 0 Å². The van der Waals surface area contributed by atoms with Gasteiger partial charge in [0.2, 0.25) is 0 Å². The zero-order valence-electron chi connectivity index (χ0n) is 10.7. The van der Waals surface area contributed by atoms with E-state index in [0.29, 0.717) is 23.5 Å². The monoisotopic (exact) mass is 311 g/mol. The highest BCUT2D eigenvalue weighted by Gasteiger charge is 2.30. The van der Waals surface area contributed by atoms with Gasteiger partial charge in [-0.2, -0.15) is 0 Å². The first-order chi connectivity index (χ1) is 9.57. The summed E-state index contributed by atoms with van der Waals surface area (Å²) in [5.41, 5.74) is 0.556. The predicted molar refractivity (Wildman–Crippen MR) is 77.6 cm³/mol. The number of piperidine rings is 1. The van der Waals surface area contributed by atoms with E-state index >= 15 is 0 Å². The van der Waals surface area contributed by atoms with Gasteiger partial charge in [0.25, 0.3) is 0 Å². The lowest BCUT2D eigenvalue weighted by Crippen LogP contribution is -2.36. The van der Waals surface area contributed by atoms with Crippen LogP contribution in [0.15, 0.2) is 29.4 Å². The number of hydrogen-bond acceptors (Lipinski definition) is 5. The van der Waals surface area contributed by atoms with E-state index in [1.807, 2.05) is 0 Å². The molecule has 20 heavy (non-hydrogen) atoms. The first-order valence-electron chi connectivity index (χ1n) is 6.44. The molecule has 0 aliphatic carbocycles. The van der Waals surface area contributed by atoms with Crippen LogP contribution in [0.2, 0.25) is 5.15 Å². The predicted octanol–water partition coefficient (Wildman–Crippen LogP) is 1.81. The van der Waals surface area contributed by atoms with Crippen molar-refractivity contribution in [3.8, 4) is 0 Å². The van der Waals surface area contributed by atoms with Gasteiger partial charge in [-0.1, -0.05) is 11.6 Å². The fraction of sp³-hybridized carbons (Fsp3) is 0.385. The molecular formula is C13H14ClN3O2S. The molecule has 0 radical (unpaired) electrons. The smallest absolute Gasteiger partial charge is 0.198 e. The van der Waals surface area contributed by atoms with Gasteiger partial charge in [0.1, 0.15) is 5.15 Å². The number of aromatic nitrogens is 2. The fourth-order valence-corrected chi connectivity index (χ4v) is 4.24. The molecule has 1 aliphatic rings. The van der Waals surface area contributed by atoms with Crippen LogP contribution in [0, 0.1) is 0 Å². The van der Waals surface area contributed by atoms with Crippen LogP contribution in [0.5, 0.6) is 0 Å². The van der Waals surface area contributed by atoms with Gasteiger partial charge in [0.05, 0.1) is 10.8 Å². The second kappa shape index (κ2) is 5.27. The normalized spacial score (nSPS) is 17.4. The van der Waals surface area contributed by atoms with Crippen molar-refractivity contribution in [2.45, 2.75) is 23.1 Å². The molecule has 106 valence electrons. The lowest BCUT2D eigenvalue weighted by atomic mass is 10.2. The van der Waals surface area contributed by atoms with E-state index in [-0.39, 0.29) is 10.3 Å². The van der Waals surface area contributed by atoms with Gasteiger partial charge < -0.3 is 5.32 Å². The Bertz CT molecular complexity index is 742. The Morgan fingerprint density at radius 2 is 2.00 bits per heavy atom. The van der Waals surface area contributed by atoms with E-state index in [1.54, 1.807) is 24.4 Å². The SMILES string of the molecule is O=S(=O)(c1ccc2cnc(Cl)cc2n1)C1CCNCC1. The lowest BCUT2D eigenvalue weighted by molar-refractivity contribution is 0.495. The first kappa shape index (κ1) is 13.7. The maximum Gasteiger partial charge on any atom is 0.198 e. The molecule has 1 fully saturated rings. The Balaban J connectivity index is 2.04. The van der Waals surface area contributed by atoms with Gasteiger partial charge in [-0.3, -0.25) is 0 Å². The van der Waals surface area contributed by atoms with Crippen molar-refractivity contribution in [1.82, 2.24) is 15.3 Å². The van der Waals surface area contributed by atoms with Crippen LogP contribution in [0.1, 0.15) is 12.8 Å². The molecule has 2 aromatic heterocycles. The van der Waals surface area contributed by atoms with Gasteiger partial charge in [0, 0.05) is 17.6 Å². The summed E-state index contributed by atoms with van der Waals surface area (Å²) < 4.78 is 25.2. The van der Waals surface area contributed by atoms with Crippen molar-refractivity contribution in [2.75, 3.05) is 13.1 Å². The zero-order valence-corrected chi connectivity index (χ0v) is 12.3. The Morgan fingerprint density at radius 1 is 1.25 bits per heavy atom. The van der Waals surface area contributed by atoms with Crippen molar-refractivity contribution < 1.29 is 8.42 Å². The Labute approximate surface area is 122 Å². The second-order valence-corrected chi connectivity index (χ2v) is 7.41. The average Bonchev–Trinajstić information content (AvgIpc) is 2.47. The highest BCUT2D eigenvalue weighted by atomic mass is 35.5. The third-order valence-electron chi connectivity index (χ3n) is 3.53. The number of sulfone groups is 1. The minimum atomic E-state index is -3.38. The minimum absolute atomic E-state index is 0.124. The molecule has 0 amide bonds. The van der Waals surface area contributed by atoms with Crippen LogP contribution in [-0.4, -0.2) is 36.7 Å².